The lowest BCUT2D eigenvalue weighted by molar-refractivity contribution is 0.415. The van der Waals surface area contributed by atoms with Gasteiger partial charge in [-0.2, -0.15) is 0 Å². The Bertz CT molecular complexity index is 542. The average Bonchev–Trinajstić information content (AvgIpc) is 2.47. The molecule has 2 rings (SSSR count). The van der Waals surface area contributed by atoms with Gasteiger partial charge < -0.3 is 15.0 Å². The van der Waals surface area contributed by atoms with Gasteiger partial charge in [-0.05, 0) is 31.2 Å². The van der Waals surface area contributed by atoms with Gasteiger partial charge in [0.25, 0.3) is 0 Å². The molecule has 1 aromatic heterocycles. The molecule has 0 aliphatic heterocycles. The van der Waals surface area contributed by atoms with E-state index in [2.05, 4.69) is 17.2 Å². The Morgan fingerprint density at radius 2 is 1.95 bits per heavy atom. The van der Waals surface area contributed by atoms with Gasteiger partial charge in [-0.15, -0.1) is 0 Å². The number of nitrogens with zero attached hydrogens (tertiary/aromatic N) is 2. The van der Waals surface area contributed by atoms with E-state index in [9.17, 15) is 0 Å². The lowest BCUT2D eigenvalue weighted by Gasteiger charge is -2.21. The van der Waals surface area contributed by atoms with Gasteiger partial charge in [0.15, 0.2) is 0 Å². The fraction of sp³-hybridized carbons (Fsp3) is 0.267. The number of anilines is 3. The van der Waals surface area contributed by atoms with E-state index in [-0.39, 0.29) is 0 Å². The molecule has 0 fully saturated rings. The number of rotatable bonds is 5. The van der Waals surface area contributed by atoms with Crippen LogP contribution >= 0.6 is 0 Å². The van der Waals surface area contributed by atoms with E-state index < -0.39 is 0 Å². The van der Waals surface area contributed by atoms with E-state index in [4.69, 9.17) is 4.74 Å². The first-order chi connectivity index (χ1) is 9.26. The molecule has 0 atom stereocenters. The summed E-state index contributed by atoms with van der Waals surface area (Å²) in [5.41, 5.74) is 0.992. The summed E-state index contributed by atoms with van der Waals surface area (Å²) in [6.45, 7) is 2.91. The summed E-state index contributed by atoms with van der Waals surface area (Å²) in [6.07, 6.45) is 0. The van der Waals surface area contributed by atoms with Gasteiger partial charge in [0.1, 0.15) is 17.4 Å². The van der Waals surface area contributed by atoms with E-state index in [1.165, 1.54) is 0 Å². The summed E-state index contributed by atoms with van der Waals surface area (Å²) >= 11 is 0. The van der Waals surface area contributed by atoms with Crippen molar-refractivity contribution in [3.63, 3.8) is 0 Å². The van der Waals surface area contributed by atoms with Crippen LogP contribution in [0.2, 0.25) is 0 Å². The molecule has 0 aliphatic rings. The van der Waals surface area contributed by atoms with Crippen LogP contribution in [0.3, 0.4) is 0 Å². The van der Waals surface area contributed by atoms with Crippen molar-refractivity contribution in [2.24, 2.45) is 0 Å². The zero-order valence-electron chi connectivity index (χ0n) is 11.6. The lowest BCUT2D eigenvalue weighted by Crippen LogP contribution is -2.13. The molecular formula is C15H19N3O. The smallest absolute Gasteiger partial charge is 0.142 e. The molecular weight excluding hydrogens is 238 g/mol. The topological polar surface area (TPSA) is 37.4 Å². The maximum absolute atomic E-state index is 5.38. The molecule has 1 N–H and O–H groups in total. The Morgan fingerprint density at radius 1 is 1.16 bits per heavy atom. The second-order valence-electron chi connectivity index (χ2n) is 4.14. The van der Waals surface area contributed by atoms with E-state index in [1.807, 2.05) is 54.4 Å². The molecule has 0 bridgehead atoms. The molecule has 0 unspecified atom stereocenters. The summed E-state index contributed by atoms with van der Waals surface area (Å²) in [6, 6.07) is 13.8. The second-order valence-corrected chi connectivity index (χ2v) is 4.14. The summed E-state index contributed by atoms with van der Waals surface area (Å²) in [5.74, 6) is 2.59. The number of methoxy groups -OCH3 is 1. The van der Waals surface area contributed by atoms with Crippen LogP contribution in [0.5, 0.6) is 5.75 Å². The summed E-state index contributed by atoms with van der Waals surface area (Å²) in [5, 5.41) is 3.21. The van der Waals surface area contributed by atoms with Gasteiger partial charge in [0.05, 0.1) is 12.8 Å². The van der Waals surface area contributed by atoms with Crippen molar-refractivity contribution in [2.45, 2.75) is 6.92 Å². The fourth-order valence-corrected chi connectivity index (χ4v) is 1.92. The monoisotopic (exact) mass is 257 g/mol. The lowest BCUT2D eigenvalue weighted by atomic mass is 10.2. The number of aromatic nitrogens is 1. The van der Waals surface area contributed by atoms with Gasteiger partial charge in [-0.25, -0.2) is 4.98 Å². The van der Waals surface area contributed by atoms with Gasteiger partial charge in [-0.1, -0.05) is 18.2 Å². The van der Waals surface area contributed by atoms with Crippen LogP contribution in [0.15, 0.2) is 42.5 Å². The Morgan fingerprint density at radius 3 is 2.68 bits per heavy atom. The van der Waals surface area contributed by atoms with E-state index in [0.29, 0.717) is 0 Å². The highest BCUT2D eigenvalue weighted by Gasteiger charge is 2.10. The highest BCUT2D eigenvalue weighted by atomic mass is 16.5. The molecule has 0 amide bonds. The Balaban J connectivity index is 2.32. The highest BCUT2D eigenvalue weighted by molar-refractivity contribution is 5.67. The van der Waals surface area contributed by atoms with E-state index in [0.717, 1.165) is 29.6 Å². The molecule has 4 nitrogen and oxygen atoms in total. The third-order valence-electron chi connectivity index (χ3n) is 2.88. The van der Waals surface area contributed by atoms with Gasteiger partial charge in [0.2, 0.25) is 0 Å². The van der Waals surface area contributed by atoms with E-state index in [1.54, 1.807) is 7.11 Å². The van der Waals surface area contributed by atoms with Gasteiger partial charge in [0, 0.05) is 13.6 Å². The highest BCUT2D eigenvalue weighted by Crippen LogP contribution is 2.31. The minimum absolute atomic E-state index is 0.834. The number of nitrogens with one attached hydrogen (secondary N) is 1. The third-order valence-corrected chi connectivity index (χ3v) is 2.88. The molecule has 19 heavy (non-hydrogen) atoms. The normalized spacial score (nSPS) is 10.1. The van der Waals surface area contributed by atoms with Crippen molar-refractivity contribution in [3.05, 3.63) is 42.5 Å². The molecule has 0 aliphatic carbocycles. The van der Waals surface area contributed by atoms with Crippen molar-refractivity contribution < 1.29 is 4.74 Å². The SMILES string of the molecule is CCNc1cccc(N(C)c2ccccc2OC)n1. The molecule has 1 aromatic carbocycles. The number of benzene rings is 1. The van der Waals surface area contributed by atoms with Crippen LogP contribution in [-0.2, 0) is 0 Å². The fourth-order valence-electron chi connectivity index (χ4n) is 1.92. The minimum Gasteiger partial charge on any atom is -0.495 e. The second kappa shape index (κ2) is 6.09. The zero-order chi connectivity index (χ0) is 13.7. The molecule has 100 valence electrons. The number of para-hydroxylation sites is 2. The molecule has 4 heteroatoms. The quantitative estimate of drug-likeness (QED) is 0.892. The van der Waals surface area contributed by atoms with Crippen molar-refractivity contribution in [1.29, 1.82) is 0 Å². The first-order valence-electron chi connectivity index (χ1n) is 6.34. The Labute approximate surface area is 114 Å². The van der Waals surface area contributed by atoms with Crippen LogP contribution in [0, 0.1) is 0 Å². The molecule has 0 radical (unpaired) electrons. The van der Waals surface area contributed by atoms with Crippen molar-refractivity contribution in [1.82, 2.24) is 4.98 Å². The van der Waals surface area contributed by atoms with Crippen molar-refractivity contribution in [2.75, 3.05) is 30.9 Å². The summed E-state index contributed by atoms with van der Waals surface area (Å²) in [4.78, 5) is 6.59. The number of hydrogen-bond acceptors (Lipinski definition) is 4. The third kappa shape index (κ3) is 2.96. The average molecular weight is 257 g/mol. The Hall–Kier alpha value is -2.23. The Kier molecular flexibility index (Phi) is 4.23. The van der Waals surface area contributed by atoms with Crippen LogP contribution in [0.4, 0.5) is 17.3 Å². The number of hydrogen-bond donors (Lipinski definition) is 1. The van der Waals surface area contributed by atoms with Crippen LogP contribution in [0.1, 0.15) is 6.92 Å². The van der Waals surface area contributed by atoms with E-state index >= 15 is 0 Å². The largest absolute Gasteiger partial charge is 0.495 e. The van der Waals surface area contributed by atoms with Crippen molar-refractivity contribution in [3.8, 4) is 5.75 Å². The minimum atomic E-state index is 0.834. The van der Waals surface area contributed by atoms with Gasteiger partial charge in [-0.3, -0.25) is 0 Å². The predicted octanol–water partition coefficient (Wildman–Crippen LogP) is 3.29. The van der Waals surface area contributed by atoms with Crippen LogP contribution in [0.25, 0.3) is 0 Å². The maximum atomic E-state index is 5.38. The van der Waals surface area contributed by atoms with Gasteiger partial charge >= 0.3 is 0 Å². The number of ether oxygens (including phenoxy) is 1. The molecule has 0 saturated heterocycles. The van der Waals surface area contributed by atoms with Crippen LogP contribution < -0.4 is 15.0 Å². The number of pyridine rings is 1. The first-order valence-corrected chi connectivity index (χ1v) is 6.34. The first kappa shape index (κ1) is 13.2. The predicted molar refractivity (Wildman–Crippen MR) is 79.5 cm³/mol. The maximum Gasteiger partial charge on any atom is 0.142 e. The summed E-state index contributed by atoms with van der Waals surface area (Å²) < 4.78 is 5.38. The van der Waals surface area contributed by atoms with Crippen LogP contribution in [-0.4, -0.2) is 25.7 Å². The molecule has 0 saturated carbocycles. The summed E-state index contributed by atoms with van der Waals surface area (Å²) in [7, 11) is 3.66. The molecule has 1 heterocycles. The molecule has 0 spiro atoms. The molecule has 2 aromatic rings. The van der Waals surface area contributed by atoms with Crippen molar-refractivity contribution >= 4 is 17.3 Å². The standard InChI is InChI=1S/C15H19N3O/c1-4-16-14-10-7-11-15(17-14)18(2)12-8-5-6-9-13(12)19-3/h5-11H,4H2,1-3H3,(H,16,17). The zero-order valence-corrected chi connectivity index (χ0v) is 11.6.